The highest BCUT2D eigenvalue weighted by atomic mass is 32.2. The van der Waals surface area contributed by atoms with Crippen molar-refractivity contribution in [2.75, 3.05) is 19.0 Å². The first-order chi connectivity index (χ1) is 12.9. The third kappa shape index (κ3) is 4.11. The number of para-hydroxylation sites is 3. The van der Waals surface area contributed by atoms with Crippen LogP contribution in [0.5, 0.6) is 17.2 Å². The molecule has 1 atom stereocenters. The predicted molar refractivity (Wildman–Crippen MR) is 96.9 cm³/mol. The molecule has 0 N–H and O–H groups in total. The lowest BCUT2D eigenvalue weighted by Gasteiger charge is -2.23. The quantitative estimate of drug-likeness (QED) is 0.457. The van der Waals surface area contributed by atoms with E-state index in [9.17, 15) is 0 Å². The van der Waals surface area contributed by atoms with Gasteiger partial charge in [-0.05, 0) is 30.7 Å². The number of hydrogen-bond donors (Lipinski definition) is 0. The van der Waals surface area contributed by atoms with Crippen molar-refractivity contribution in [3.8, 4) is 17.2 Å². The van der Waals surface area contributed by atoms with E-state index in [1.54, 1.807) is 0 Å². The lowest BCUT2D eigenvalue weighted by Crippen LogP contribution is -2.21. The fourth-order valence-electron chi connectivity index (χ4n) is 2.48. The first-order valence-electron chi connectivity index (χ1n) is 8.41. The molecule has 0 spiro atoms. The molecule has 7 heteroatoms. The highest BCUT2D eigenvalue weighted by molar-refractivity contribution is 7.99. The second-order valence-electron chi connectivity index (χ2n) is 5.63. The van der Waals surface area contributed by atoms with Crippen LogP contribution in [0.25, 0.3) is 0 Å². The van der Waals surface area contributed by atoms with E-state index in [4.69, 9.17) is 18.6 Å². The number of rotatable bonds is 7. The highest BCUT2D eigenvalue weighted by Crippen LogP contribution is 2.35. The van der Waals surface area contributed by atoms with Crippen LogP contribution in [0.4, 0.5) is 0 Å². The molecule has 1 aromatic heterocycles. The molecule has 0 amide bonds. The highest BCUT2D eigenvalue weighted by Gasteiger charge is 2.27. The minimum atomic E-state index is -0.381. The van der Waals surface area contributed by atoms with E-state index >= 15 is 0 Å². The summed E-state index contributed by atoms with van der Waals surface area (Å²) < 4.78 is 22.9. The van der Waals surface area contributed by atoms with Crippen molar-refractivity contribution in [3.05, 3.63) is 60.5 Å². The summed E-state index contributed by atoms with van der Waals surface area (Å²) in [4.78, 5) is 0. The van der Waals surface area contributed by atoms with Gasteiger partial charge in [-0.2, -0.15) is 0 Å². The molecular weight excluding hydrogens is 352 g/mol. The van der Waals surface area contributed by atoms with Crippen molar-refractivity contribution >= 4 is 11.8 Å². The van der Waals surface area contributed by atoms with Gasteiger partial charge in [0.05, 0.1) is 6.61 Å². The van der Waals surface area contributed by atoms with Gasteiger partial charge in [0.15, 0.2) is 11.5 Å². The maximum absolute atomic E-state index is 5.87. The minimum Gasteiger partial charge on any atom is -0.494 e. The standard InChI is InChI=1S/C19H18N2O4S/c1-2-7-14(8-3-1)22-11-6-12-26-19-21-20-18(25-19)17-13-23-15-9-4-5-10-16(15)24-17/h1-5,7-10,17H,6,11-13H2. The van der Waals surface area contributed by atoms with Gasteiger partial charge in [-0.15, -0.1) is 10.2 Å². The Morgan fingerprint density at radius 2 is 1.81 bits per heavy atom. The molecule has 26 heavy (non-hydrogen) atoms. The molecule has 1 aliphatic heterocycles. The topological polar surface area (TPSA) is 66.6 Å². The van der Waals surface area contributed by atoms with Crippen molar-refractivity contribution in [3.63, 3.8) is 0 Å². The molecule has 4 rings (SSSR count). The molecular formula is C19H18N2O4S. The molecule has 1 aliphatic rings. The van der Waals surface area contributed by atoms with Crippen LogP contribution in [0.1, 0.15) is 18.4 Å². The maximum atomic E-state index is 5.87. The third-order valence-electron chi connectivity index (χ3n) is 3.73. The van der Waals surface area contributed by atoms with Crippen molar-refractivity contribution < 1.29 is 18.6 Å². The second-order valence-corrected chi connectivity index (χ2v) is 6.68. The first-order valence-corrected chi connectivity index (χ1v) is 9.39. The van der Waals surface area contributed by atoms with E-state index in [0.29, 0.717) is 30.1 Å². The third-order valence-corrected chi connectivity index (χ3v) is 4.64. The van der Waals surface area contributed by atoms with E-state index in [1.165, 1.54) is 11.8 Å². The van der Waals surface area contributed by atoms with Crippen molar-refractivity contribution in [1.29, 1.82) is 0 Å². The zero-order valence-corrected chi connectivity index (χ0v) is 14.9. The summed E-state index contributed by atoms with van der Waals surface area (Å²) >= 11 is 1.51. The van der Waals surface area contributed by atoms with Gasteiger partial charge >= 0.3 is 0 Å². The molecule has 134 valence electrons. The monoisotopic (exact) mass is 370 g/mol. The number of fused-ring (bicyclic) bond motifs is 1. The van der Waals surface area contributed by atoms with E-state index in [-0.39, 0.29) is 6.10 Å². The number of ether oxygens (including phenoxy) is 3. The maximum Gasteiger partial charge on any atom is 0.276 e. The van der Waals surface area contributed by atoms with E-state index < -0.39 is 0 Å². The zero-order chi connectivity index (χ0) is 17.6. The SMILES string of the molecule is c1ccc(OCCCSc2nnc(C3COc4ccccc4O3)o2)cc1. The molecule has 2 heterocycles. The molecule has 0 saturated heterocycles. The molecule has 0 bridgehead atoms. The van der Waals surface area contributed by atoms with Crippen LogP contribution in [0.3, 0.4) is 0 Å². The largest absolute Gasteiger partial charge is 0.494 e. The zero-order valence-electron chi connectivity index (χ0n) is 14.0. The molecule has 1 unspecified atom stereocenters. The normalized spacial score (nSPS) is 15.6. The Labute approximate surface area is 155 Å². The summed E-state index contributed by atoms with van der Waals surface area (Å²) in [5.41, 5.74) is 0. The van der Waals surface area contributed by atoms with Gasteiger partial charge in [0, 0.05) is 5.75 Å². The Morgan fingerprint density at radius 1 is 1.00 bits per heavy atom. The lowest BCUT2D eigenvalue weighted by atomic mass is 10.2. The van der Waals surface area contributed by atoms with Gasteiger partial charge < -0.3 is 18.6 Å². The molecule has 6 nitrogen and oxygen atoms in total. The lowest BCUT2D eigenvalue weighted by molar-refractivity contribution is 0.0686. The number of thioether (sulfide) groups is 1. The number of benzene rings is 2. The van der Waals surface area contributed by atoms with E-state index in [1.807, 2.05) is 54.6 Å². The van der Waals surface area contributed by atoms with E-state index in [2.05, 4.69) is 10.2 Å². The number of hydrogen-bond acceptors (Lipinski definition) is 7. The molecule has 0 radical (unpaired) electrons. The molecule has 0 saturated carbocycles. The van der Waals surface area contributed by atoms with Crippen LogP contribution in [-0.4, -0.2) is 29.2 Å². The van der Waals surface area contributed by atoms with Crippen LogP contribution >= 0.6 is 11.8 Å². The first kappa shape index (κ1) is 16.8. The Morgan fingerprint density at radius 3 is 2.69 bits per heavy atom. The summed E-state index contributed by atoms with van der Waals surface area (Å²) in [6, 6.07) is 17.3. The average Bonchev–Trinajstić information content (AvgIpc) is 3.17. The number of aromatic nitrogens is 2. The Kier molecular flexibility index (Phi) is 5.25. The Bertz CT molecular complexity index is 840. The van der Waals surface area contributed by atoms with Gasteiger partial charge in [0.2, 0.25) is 6.10 Å². The van der Waals surface area contributed by atoms with Crippen molar-refractivity contribution in [1.82, 2.24) is 10.2 Å². The molecule has 3 aromatic rings. The fraction of sp³-hybridized carbons (Fsp3) is 0.263. The second kappa shape index (κ2) is 8.14. The summed E-state index contributed by atoms with van der Waals surface area (Å²) in [6.07, 6.45) is 0.501. The van der Waals surface area contributed by atoms with Gasteiger partial charge in [-0.3, -0.25) is 0 Å². The Balaban J connectivity index is 1.24. The molecule has 0 aliphatic carbocycles. The van der Waals surface area contributed by atoms with Gasteiger partial charge in [0.1, 0.15) is 12.4 Å². The summed E-state index contributed by atoms with van der Waals surface area (Å²) in [6.45, 7) is 1.00. The van der Waals surface area contributed by atoms with Crippen molar-refractivity contribution in [2.45, 2.75) is 17.7 Å². The summed E-state index contributed by atoms with van der Waals surface area (Å²) in [7, 11) is 0. The Hall–Kier alpha value is -2.67. The average molecular weight is 370 g/mol. The molecule has 0 fully saturated rings. The molecule has 2 aromatic carbocycles. The number of nitrogens with zero attached hydrogens (tertiary/aromatic N) is 2. The fourth-order valence-corrected chi connectivity index (χ4v) is 3.15. The van der Waals surface area contributed by atoms with Gasteiger partial charge in [0.25, 0.3) is 11.1 Å². The van der Waals surface area contributed by atoms with Gasteiger partial charge in [-0.1, -0.05) is 42.1 Å². The van der Waals surface area contributed by atoms with Crippen LogP contribution in [0.15, 0.2) is 64.2 Å². The summed E-state index contributed by atoms with van der Waals surface area (Å²) in [5, 5.41) is 8.69. The van der Waals surface area contributed by atoms with Crippen molar-refractivity contribution in [2.24, 2.45) is 0 Å². The van der Waals surface area contributed by atoms with Crippen LogP contribution in [0.2, 0.25) is 0 Å². The van der Waals surface area contributed by atoms with Gasteiger partial charge in [-0.25, -0.2) is 0 Å². The minimum absolute atomic E-state index is 0.355. The summed E-state index contributed by atoms with van der Waals surface area (Å²) in [5.74, 6) is 3.57. The smallest absolute Gasteiger partial charge is 0.276 e. The van der Waals surface area contributed by atoms with E-state index in [0.717, 1.165) is 23.7 Å². The van der Waals surface area contributed by atoms with Crippen LogP contribution in [-0.2, 0) is 0 Å². The van der Waals surface area contributed by atoms with Crippen LogP contribution in [0, 0.1) is 0 Å². The predicted octanol–water partition coefficient (Wildman–Crippen LogP) is 4.14. The van der Waals surface area contributed by atoms with Crippen LogP contribution < -0.4 is 14.2 Å².